The smallest absolute Gasteiger partial charge is 0.225 e. The molecule has 2 aliphatic heterocycles. The number of nitrogens with zero attached hydrogens (tertiary/aromatic N) is 3. The number of amides is 1. The number of methoxy groups -OCH3 is 1. The molecule has 6 nitrogen and oxygen atoms in total. The summed E-state index contributed by atoms with van der Waals surface area (Å²) in [5, 5.41) is 0. The number of likely N-dealkylation sites (tertiary alicyclic amines) is 1. The molecule has 132 valence electrons. The Labute approximate surface area is 143 Å². The maximum atomic E-state index is 12.6. The van der Waals surface area contributed by atoms with Gasteiger partial charge in [-0.2, -0.15) is 0 Å². The first kappa shape index (κ1) is 17.3. The Morgan fingerprint density at radius 3 is 2.92 bits per heavy atom. The van der Waals surface area contributed by atoms with E-state index >= 15 is 0 Å². The summed E-state index contributed by atoms with van der Waals surface area (Å²) in [6.45, 7) is 4.79. The summed E-state index contributed by atoms with van der Waals surface area (Å²) < 4.78 is 10.6. The van der Waals surface area contributed by atoms with Crippen LogP contribution in [0.15, 0.2) is 24.5 Å². The second-order valence-electron chi connectivity index (χ2n) is 6.47. The summed E-state index contributed by atoms with van der Waals surface area (Å²) in [6, 6.07) is 4.67. The molecule has 0 saturated carbocycles. The van der Waals surface area contributed by atoms with Crippen LogP contribution in [0, 0.1) is 0 Å². The van der Waals surface area contributed by atoms with E-state index in [1.807, 2.05) is 12.3 Å². The van der Waals surface area contributed by atoms with E-state index in [1.165, 1.54) is 5.56 Å². The van der Waals surface area contributed by atoms with Gasteiger partial charge in [0, 0.05) is 45.2 Å². The molecule has 0 bridgehead atoms. The number of hydrogen-bond donors (Lipinski definition) is 0. The van der Waals surface area contributed by atoms with E-state index in [2.05, 4.69) is 20.9 Å². The van der Waals surface area contributed by atoms with E-state index in [4.69, 9.17) is 9.47 Å². The number of pyridine rings is 1. The molecule has 1 aromatic heterocycles. The predicted molar refractivity (Wildman–Crippen MR) is 90.7 cm³/mol. The summed E-state index contributed by atoms with van der Waals surface area (Å²) in [5.41, 5.74) is 1.19. The van der Waals surface area contributed by atoms with Crippen LogP contribution in [0.25, 0.3) is 0 Å². The SMILES string of the molecule is COCCC(=O)N1CC[C@@H](N2CCOCC2)[C@@H]1Cc1cccnc1. The van der Waals surface area contributed by atoms with Crippen LogP contribution in [0.1, 0.15) is 18.4 Å². The average Bonchev–Trinajstić information content (AvgIpc) is 3.05. The quantitative estimate of drug-likeness (QED) is 0.776. The monoisotopic (exact) mass is 333 g/mol. The first-order valence-electron chi connectivity index (χ1n) is 8.78. The van der Waals surface area contributed by atoms with Crippen LogP contribution in [-0.4, -0.2) is 79.3 Å². The van der Waals surface area contributed by atoms with Gasteiger partial charge in [-0.15, -0.1) is 0 Å². The van der Waals surface area contributed by atoms with Gasteiger partial charge in [0.1, 0.15) is 0 Å². The van der Waals surface area contributed by atoms with Crippen molar-refractivity contribution in [2.75, 3.05) is 46.6 Å². The third-order valence-electron chi connectivity index (χ3n) is 5.03. The molecule has 2 atom stereocenters. The molecule has 3 heterocycles. The minimum atomic E-state index is 0.196. The second-order valence-corrected chi connectivity index (χ2v) is 6.47. The average molecular weight is 333 g/mol. The fraction of sp³-hybridized carbons (Fsp3) is 0.667. The van der Waals surface area contributed by atoms with Gasteiger partial charge in [0.05, 0.1) is 32.3 Å². The number of aromatic nitrogens is 1. The molecule has 0 N–H and O–H groups in total. The van der Waals surface area contributed by atoms with Crippen LogP contribution in [0.2, 0.25) is 0 Å². The number of ether oxygens (including phenoxy) is 2. The normalized spacial score (nSPS) is 25.1. The predicted octanol–water partition coefficient (Wildman–Crippen LogP) is 0.962. The van der Waals surface area contributed by atoms with Crippen molar-refractivity contribution in [3.8, 4) is 0 Å². The van der Waals surface area contributed by atoms with Crippen molar-refractivity contribution in [3.63, 3.8) is 0 Å². The van der Waals surface area contributed by atoms with Crippen molar-refractivity contribution >= 4 is 5.91 Å². The van der Waals surface area contributed by atoms with E-state index in [1.54, 1.807) is 13.3 Å². The number of hydrogen-bond acceptors (Lipinski definition) is 5. The zero-order valence-electron chi connectivity index (χ0n) is 14.4. The van der Waals surface area contributed by atoms with E-state index < -0.39 is 0 Å². The van der Waals surface area contributed by atoms with Gasteiger partial charge >= 0.3 is 0 Å². The van der Waals surface area contributed by atoms with Crippen molar-refractivity contribution in [3.05, 3.63) is 30.1 Å². The minimum absolute atomic E-state index is 0.196. The van der Waals surface area contributed by atoms with Gasteiger partial charge in [0.15, 0.2) is 0 Å². The Hall–Kier alpha value is -1.50. The standard InChI is InChI=1S/C18H27N3O3/c1-23-10-5-18(22)21-7-4-16(20-8-11-24-12-9-20)17(21)13-15-3-2-6-19-14-15/h2-3,6,14,16-17H,4-5,7-13H2,1H3/t16-,17+/m1/s1. The molecule has 2 saturated heterocycles. The summed E-state index contributed by atoms with van der Waals surface area (Å²) >= 11 is 0. The lowest BCUT2D eigenvalue weighted by molar-refractivity contribution is -0.133. The van der Waals surface area contributed by atoms with Gasteiger partial charge < -0.3 is 14.4 Å². The molecule has 0 unspecified atom stereocenters. The number of carbonyl (C=O) groups excluding carboxylic acids is 1. The molecular weight excluding hydrogens is 306 g/mol. The Kier molecular flexibility index (Phi) is 6.18. The lowest BCUT2D eigenvalue weighted by Crippen LogP contribution is -2.51. The zero-order valence-corrected chi connectivity index (χ0v) is 14.4. The van der Waals surface area contributed by atoms with Gasteiger partial charge in [-0.1, -0.05) is 6.07 Å². The molecule has 2 fully saturated rings. The number of carbonyl (C=O) groups is 1. The lowest BCUT2D eigenvalue weighted by Gasteiger charge is -2.37. The first-order chi connectivity index (χ1) is 11.8. The highest BCUT2D eigenvalue weighted by atomic mass is 16.5. The Morgan fingerprint density at radius 2 is 2.21 bits per heavy atom. The molecule has 2 aliphatic rings. The van der Waals surface area contributed by atoms with E-state index in [0.717, 1.165) is 45.7 Å². The third-order valence-corrected chi connectivity index (χ3v) is 5.03. The summed E-state index contributed by atoms with van der Waals surface area (Å²) in [5.74, 6) is 0.196. The highest BCUT2D eigenvalue weighted by Crippen LogP contribution is 2.27. The number of morpholine rings is 1. The van der Waals surface area contributed by atoms with Crippen LogP contribution in [0.4, 0.5) is 0 Å². The van der Waals surface area contributed by atoms with Crippen LogP contribution in [0.5, 0.6) is 0 Å². The van der Waals surface area contributed by atoms with Crippen molar-refractivity contribution < 1.29 is 14.3 Å². The van der Waals surface area contributed by atoms with Crippen molar-refractivity contribution in [2.45, 2.75) is 31.3 Å². The fourth-order valence-electron chi connectivity index (χ4n) is 3.82. The number of rotatable bonds is 6. The van der Waals surface area contributed by atoms with Gasteiger partial charge in [-0.25, -0.2) is 0 Å². The van der Waals surface area contributed by atoms with Gasteiger partial charge in [-0.3, -0.25) is 14.7 Å². The van der Waals surface area contributed by atoms with Crippen LogP contribution >= 0.6 is 0 Å². The molecule has 1 amide bonds. The molecular formula is C18H27N3O3. The second kappa shape index (κ2) is 8.55. The summed E-state index contributed by atoms with van der Waals surface area (Å²) in [7, 11) is 1.64. The molecule has 0 spiro atoms. The highest BCUT2D eigenvalue weighted by Gasteiger charge is 2.40. The topological polar surface area (TPSA) is 54.9 Å². The maximum absolute atomic E-state index is 12.6. The third kappa shape index (κ3) is 4.12. The Balaban J connectivity index is 1.74. The highest BCUT2D eigenvalue weighted by molar-refractivity contribution is 5.77. The van der Waals surface area contributed by atoms with Crippen LogP contribution in [-0.2, 0) is 20.7 Å². The largest absolute Gasteiger partial charge is 0.384 e. The van der Waals surface area contributed by atoms with Gasteiger partial charge in [0.25, 0.3) is 0 Å². The van der Waals surface area contributed by atoms with Crippen molar-refractivity contribution in [1.29, 1.82) is 0 Å². The summed E-state index contributed by atoms with van der Waals surface area (Å²) in [4.78, 5) is 21.4. The van der Waals surface area contributed by atoms with Crippen molar-refractivity contribution in [1.82, 2.24) is 14.8 Å². The Bertz CT molecular complexity index is 520. The first-order valence-corrected chi connectivity index (χ1v) is 8.78. The fourth-order valence-corrected chi connectivity index (χ4v) is 3.82. The van der Waals surface area contributed by atoms with Crippen molar-refractivity contribution in [2.24, 2.45) is 0 Å². The van der Waals surface area contributed by atoms with E-state index in [9.17, 15) is 4.79 Å². The van der Waals surface area contributed by atoms with E-state index in [0.29, 0.717) is 19.1 Å². The van der Waals surface area contributed by atoms with Gasteiger partial charge in [-0.05, 0) is 24.5 Å². The molecule has 24 heavy (non-hydrogen) atoms. The minimum Gasteiger partial charge on any atom is -0.384 e. The molecule has 0 aromatic carbocycles. The lowest BCUT2D eigenvalue weighted by atomic mass is 9.99. The zero-order chi connectivity index (χ0) is 16.8. The Morgan fingerprint density at radius 1 is 1.38 bits per heavy atom. The molecule has 0 aliphatic carbocycles. The molecule has 0 radical (unpaired) electrons. The maximum Gasteiger partial charge on any atom is 0.225 e. The molecule has 1 aromatic rings. The van der Waals surface area contributed by atoms with Crippen LogP contribution < -0.4 is 0 Å². The van der Waals surface area contributed by atoms with E-state index in [-0.39, 0.29) is 11.9 Å². The van der Waals surface area contributed by atoms with Crippen LogP contribution in [0.3, 0.4) is 0 Å². The summed E-state index contributed by atoms with van der Waals surface area (Å²) in [6.07, 6.45) is 6.04. The van der Waals surface area contributed by atoms with Gasteiger partial charge in [0.2, 0.25) is 5.91 Å². The molecule has 3 rings (SSSR count). The molecule has 6 heteroatoms.